The molecular weight excluding hydrogens is 220 g/mol. The predicted molar refractivity (Wildman–Crippen MR) is 76.7 cm³/mol. The first-order valence-corrected chi connectivity index (χ1v) is 6.85. The van der Waals surface area contributed by atoms with E-state index in [1.54, 1.807) is 0 Å². The van der Waals surface area contributed by atoms with Crippen molar-refractivity contribution in [1.29, 1.82) is 5.26 Å². The highest BCUT2D eigenvalue weighted by Crippen LogP contribution is 2.30. The van der Waals surface area contributed by atoms with E-state index in [9.17, 15) is 5.26 Å². The number of nitriles is 1. The van der Waals surface area contributed by atoms with Gasteiger partial charge in [-0.15, -0.1) is 0 Å². The number of unbranched alkanes of at least 4 members (excludes halogenated alkanes) is 1. The molecule has 0 aromatic carbocycles. The molecule has 0 radical (unpaired) electrons. The lowest BCUT2D eigenvalue weighted by Crippen LogP contribution is -2.20. The average molecular weight is 246 g/mol. The zero-order valence-corrected chi connectivity index (χ0v) is 12.7. The van der Waals surface area contributed by atoms with Crippen molar-refractivity contribution in [2.24, 2.45) is 0 Å². The quantitative estimate of drug-likeness (QED) is 0.774. The Morgan fingerprint density at radius 2 is 1.78 bits per heavy atom. The molecule has 0 atom stereocenters. The van der Waals surface area contributed by atoms with Gasteiger partial charge in [0.1, 0.15) is 0 Å². The van der Waals surface area contributed by atoms with Crippen molar-refractivity contribution in [3.05, 3.63) is 23.5 Å². The molecule has 0 N–H and O–H groups in total. The fraction of sp³-hybridized carbons (Fsp3) is 0.688. The van der Waals surface area contributed by atoms with Crippen LogP contribution in [0.3, 0.4) is 0 Å². The molecule has 1 rings (SSSR count). The van der Waals surface area contributed by atoms with Crippen molar-refractivity contribution in [1.82, 2.24) is 4.57 Å². The Bertz CT molecular complexity index is 439. The predicted octanol–water partition coefficient (Wildman–Crippen LogP) is 4.39. The smallest absolute Gasteiger partial charge is 0.0783 e. The van der Waals surface area contributed by atoms with Crippen LogP contribution in [0.2, 0.25) is 0 Å². The van der Waals surface area contributed by atoms with Crippen LogP contribution in [-0.4, -0.2) is 4.57 Å². The molecule has 0 saturated heterocycles. The van der Waals surface area contributed by atoms with E-state index in [0.717, 1.165) is 6.42 Å². The molecule has 1 heterocycles. The third-order valence-electron chi connectivity index (χ3n) is 3.44. The van der Waals surface area contributed by atoms with Crippen LogP contribution in [0.1, 0.15) is 65.5 Å². The molecule has 100 valence electrons. The number of hydrogen-bond donors (Lipinski definition) is 0. The Morgan fingerprint density at radius 1 is 1.17 bits per heavy atom. The van der Waals surface area contributed by atoms with Gasteiger partial charge in [0.2, 0.25) is 0 Å². The van der Waals surface area contributed by atoms with Crippen molar-refractivity contribution in [3.8, 4) is 6.07 Å². The van der Waals surface area contributed by atoms with Gasteiger partial charge in [-0.25, -0.2) is 0 Å². The molecule has 0 unspecified atom stereocenters. The van der Waals surface area contributed by atoms with Gasteiger partial charge in [-0.1, -0.05) is 13.3 Å². The van der Waals surface area contributed by atoms with E-state index < -0.39 is 5.41 Å². The van der Waals surface area contributed by atoms with Crippen LogP contribution in [0.15, 0.2) is 12.4 Å². The Kier molecular flexibility index (Phi) is 4.27. The minimum absolute atomic E-state index is 0.0742. The van der Waals surface area contributed by atoms with E-state index in [1.165, 1.54) is 24.0 Å². The molecule has 18 heavy (non-hydrogen) atoms. The molecule has 0 spiro atoms. The Balaban J connectivity index is 3.22. The largest absolute Gasteiger partial charge is 0.348 e. The Morgan fingerprint density at radius 3 is 2.22 bits per heavy atom. The molecule has 0 aliphatic rings. The first-order chi connectivity index (χ1) is 8.22. The van der Waals surface area contributed by atoms with Crippen LogP contribution in [0.25, 0.3) is 0 Å². The van der Waals surface area contributed by atoms with Crippen LogP contribution in [0.4, 0.5) is 0 Å². The van der Waals surface area contributed by atoms with E-state index in [-0.39, 0.29) is 5.54 Å². The van der Waals surface area contributed by atoms with Crippen molar-refractivity contribution >= 4 is 0 Å². The lowest BCUT2D eigenvalue weighted by atomic mass is 9.84. The van der Waals surface area contributed by atoms with E-state index >= 15 is 0 Å². The summed E-state index contributed by atoms with van der Waals surface area (Å²) in [6.07, 6.45) is 7.83. The third-order valence-corrected chi connectivity index (χ3v) is 3.44. The lowest BCUT2D eigenvalue weighted by Gasteiger charge is -2.21. The maximum atomic E-state index is 9.35. The minimum atomic E-state index is -0.403. The van der Waals surface area contributed by atoms with Crippen molar-refractivity contribution in [3.63, 3.8) is 0 Å². The molecule has 0 saturated carbocycles. The topological polar surface area (TPSA) is 28.7 Å². The number of nitrogens with zero attached hydrogens (tertiary/aromatic N) is 2. The standard InChI is InChI=1S/C16H26N2/c1-7-8-9-13-10-18(15(2,3)4)11-14(13)16(5,6)12-17/h10-11H,7-9H2,1-6H3. The second-order valence-corrected chi connectivity index (χ2v) is 6.62. The van der Waals surface area contributed by atoms with Gasteiger partial charge in [-0.3, -0.25) is 0 Å². The summed E-state index contributed by atoms with van der Waals surface area (Å²) >= 11 is 0. The number of rotatable bonds is 4. The van der Waals surface area contributed by atoms with Gasteiger partial charge in [0.05, 0.1) is 11.5 Å². The lowest BCUT2D eigenvalue weighted by molar-refractivity contribution is 0.396. The summed E-state index contributed by atoms with van der Waals surface area (Å²) in [6, 6.07) is 2.43. The van der Waals surface area contributed by atoms with Crippen molar-refractivity contribution < 1.29 is 0 Å². The number of aryl methyl sites for hydroxylation is 1. The fourth-order valence-corrected chi connectivity index (χ4v) is 2.07. The van der Waals surface area contributed by atoms with Gasteiger partial charge in [0.25, 0.3) is 0 Å². The van der Waals surface area contributed by atoms with Gasteiger partial charge < -0.3 is 4.57 Å². The monoisotopic (exact) mass is 246 g/mol. The number of hydrogen-bond acceptors (Lipinski definition) is 1. The molecule has 0 bridgehead atoms. The summed E-state index contributed by atoms with van der Waals surface area (Å²) in [5.41, 5.74) is 2.19. The zero-order chi connectivity index (χ0) is 14.0. The van der Waals surface area contributed by atoms with Crippen LogP contribution in [-0.2, 0) is 17.4 Å². The normalized spacial score (nSPS) is 12.5. The molecule has 1 aromatic heterocycles. The zero-order valence-electron chi connectivity index (χ0n) is 12.7. The highest BCUT2D eigenvalue weighted by molar-refractivity contribution is 5.37. The van der Waals surface area contributed by atoms with Crippen molar-refractivity contribution in [2.45, 2.75) is 71.8 Å². The maximum Gasteiger partial charge on any atom is 0.0783 e. The number of aromatic nitrogens is 1. The van der Waals surface area contributed by atoms with Crippen LogP contribution >= 0.6 is 0 Å². The SMILES string of the molecule is CCCCc1cn(C(C)(C)C)cc1C(C)(C)C#N. The first-order valence-electron chi connectivity index (χ1n) is 6.85. The van der Waals surface area contributed by atoms with Gasteiger partial charge in [-0.2, -0.15) is 5.26 Å². The summed E-state index contributed by atoms with van der Waals surface area (Å²) in [7, 11) is 0. The molecular formula is C16H26N2. The second kappa shape index (κ2) is 5.18. The van der Waals surface area contributed by atoms with Crippen LogP contribution < -0.4 is 0 Å². The summed E-state index contributed by atoms with van der Waals surface area (Å²) in [5.74, 6) is 0. The average Bonchev–Trinajstić information content (AvgIpc) is 2.70. The van der Waals surface area contributed by atoms with E-state index in [2.05, 4.69) is 50.7 Å². The first kappa shape index (κ1) is 14.8. The van der Waals surface area contributed by atoms with Gasteiger partial charge in [-0.05, 0) is 58.6 Å². The molecule has 0 amide bonds. The molecule has 1 aromatic rings. The van der Waals surface area contributed by atoms with E-state index in [4.69, 9.17) is 0 Å². The Labute approximate surface area is 112 Å². The summed E-state index contributed by atoms with van der Waals surface area (Å²) < 4.78 is 2.24. The summed E-state index contributed by atoms with van der Waals surface area (Å²) in [6.45, 7) is 12.8. The van der Waals surface area contributed by atoms with Gasteiger partial charge in [0.15, 0.2) is 0 Å². The van der Waals surface area contributed by atoms with Crippen LogP contribution in [0, 0.1) is 11.3 Å². The van der Waals surface area contributed by atoms with Gasteiger partial charge >= 0.3 is 0 Å². The molecule has 0 fully saturated rings. The third kappa shape index (κ3) is 3.16. The van der Waals surface area contributed by atoms with E-state index in [0.29, 0.717) is 0 Å². The molecule has 0 aliphatic heterocycles. The second-order valence-electron chi connectivity index (χ2n) is 6.62. The molecule has 2 heteroatoms. The highest BCUT2D eigenvalue weighted by atomic mass is 15.0. The molecule has 0 aliphatic carbocycles. The summed E-state index contributed by atoms with van der Waals surface area (Å²) in [4.78, 5) is 0. The highest BCUT2D eigenvalue weighted by Gasteiger charge is 2.26. The maximum absolute atomic E-state index is 9.35. The molecule has 2 nitrogen and oxygen atoms in total. The fourth-order valence-electron chi connectivity index (χ4n) is 2.07. The summed E-state index contributed by atoms with van der Waals surface area (Å²) in [5, 5.41) is 9.35. The van der Waals surface area contributed by atoms with Crippen molar-refractivity contribution in [2.75, 3.05) is 0 Å². The Hall–Kier alpha value is -1.23. The van der Waals surface area contributed by atoms with Gasteiger partial charge in [0, 0.05) is 17.9 Å². The minimum Gasteiger partial charge on any atom is -0.348 e. The van der Waals surface area contributed by atoms with E-state index in [1.807, 2.05) is 13.8 Å². The van der Waals surface area contributed by atoms with Crippen LogP contribution in [0.5, 0.6) is 0 Å².